The van der Waals surface area contributed by atoms with Crippen LogP contribution in [0.15, 0.2) is 18.2 Å². The smallest absolute Gasteiger partial charge is 0.127 e. The van der Waals surface area contributed by atoms with Crippen LogP contribution in [-0.4, -0.2) is 7.11 Å². The third-order valence-corrected chi connectivity index (χ3v) is 3.67. The average Bonchev–Trinajstić information content (AvgIpc) is 2.59. The summed E-state index contributed by atoms with van der Waals surface area (Å²) in [5.74, 6) is 1.51. The molecular formula is C11H11ClOS. The van der Waals surface area contributed by atoms with Crippen molar-refractivity contribution in [2.75, 3.05) is 7.11 Å². The molecule has 0 aliphatic carbocycles. The molecule has 1 aromatic heterocycles. The number of ether oxygens (including phenoxy) is 1. The molecule has 0 N–H and O–H groups in total. The van der Waals surface area contributed by atoms with E-state index in [0.717, 1.165) is 5.75 Å². The summed E-state index contributed by atoms with van der Waals surface area (Å²) in [6.07, 6.45) is 0. The zero-order chi connectivity index (χ0) is 10.1. The molecule has 0 atom stereocenters. The lowest BCUT2D eigenvalue weighted by Crippen LogP contribution is -1.83. The molecule has 0 radical (unpaired) electrons. The maximum atomic E-state index is 5.80. The fourth-order valence-electron chi connectivity index (χ4n) is 1.53. The van der Waals surface area contributed by atoms with Crippen LogP contribution in [-0.2, 0) is 5.88 Å². The van der Waals surface area contributed by atoms with Crippen molar-refractivity contribution in [1.29, 1.82) is 0 Å². The fraction of sp³-hybridized carbons (Fsp3) is 0.273. The monoisotopic (exact) mass is 226 g/mol. The second kappa shape index (κ2) is 3.79. The van der Waals surface area contributed by atoms with Gasteiger partial charge >= 0.3 is 0 Å². The van der Waals surface area contributed by atoms with E-state index in [-0.39, 0.29) is 0 Å². The van der Waals surface area contributed by atoms with Crippen LogP contribution in [0.2, 0.25) is 0 Å². The Morgan fingerprint density at radius 2 is 2.14 bits per heavy atom. The maximum Gasteiger partial charge on any atom is 0.127 e. The highest BCUT2D eigenvalue weighted by molar-refractivity contribution is 7.19. The number of halogens is 1. The van der Waals surface area contributed by atoms with Crippen LogP contribution < -0.4 is 4.74 Å². The van der Waals surface area contributed by atoms with E-state index in [4.69, 9.17) is 16.3 Å². The van der Waals surface area contributed by atoms with Crippen molar-refractivity contribution in [2.24, 2.45) is 0 Å². The predicted octanol–water partition coefficient (Wildman–Crippen LogP) is 3.96. The topological polar surface area (TPSA) is 9.23 Å². The zero-order valence-corrected chi connectivity index (χ0v) is 9.71. The molecule has 0 fully saturated rings. The number of alkyl halides is 1. The first-order valence-corrected chi connectivity index (χ1v) is 5.72. The van der Waals surface area contributed by atoms with Gasteiger partial charge in [-0.1, -0.05) is 0 Å². The normalized spacial score (nSPS) is 10.8. The third kappa shape index (κ3) is 1.60. The van der Waals surface area contributed by atoms with Crippen LogP contribution >= 0.6 is 22.9 Å². The molecule has 0 aliphatic rings. The van der Waals surface area contributed by atoms with Gasteiger partial charge in [-0.3, -0.25) is 0 Å². The second-order valence-electron chi connectivity index (χ2n) is 3.23. The molecule has 0 aliphatic heterocycles. The molecule has 1 aromatic carbocycles. The third-order valence-electron chi connectivity index (χ3n) is 2.15. The van der Waals surface area contributed by atoms with Gasteiger partial charge in [0.05, 0.1) is 13.0 Å². The minimum atomic E-state index is 0.571. The molecular weight excluding hydrogens is 216 g/mol. The van der Waals surface area contributed by atoms with E-state index in [1.54, 1.807) is 18.4 Å². The quantitative estimate of drug-likeness (QED) is 0.705. The fourth-order valence-corrected chi connectivity index (χ4v) is 2.79. The summed E-state index contributed by atoms with van der Waals surface area (Å²) in [6, 6.07) is 6.32. The first-order valence-electron chi connectivity index (χ1n) is 4.37. The number of benzene rings is 1. The summed E-state index contributed by atoms with van der Waals surface area (Å²) in [6.45, 7) is 2.07. The van der Waals surface area contributed by atoms with Crippen LogP contribution in [0.1, 0.15) is 10.4 Å². The highest BCUT2D eigenvalue weighted by Gasteiger charge is 2.06. The Balaban J connectivity index is 2.71. The summed E-state index contributed by atoms with van der Waals surface area (Å²) < 4.78 is 6.58. The number of thiophene rings is 1. The molecule has 0 bridgehead atoms. The van der Waals surface area contributed by atoms with Crippen LogP contribution in [0.5, 0.6) is 5.75 Å². The van der Waals surface area contributed by atoms with E-state index in [0.29, 0.717) is 5.88 Å². The molecule has 0 spiro atoms. The lowest BCUT2D eigenvalue weighted by atomic mass is 10.2. The molecule has 1 nitrogen and oxygen atoms in total. The van der Waals surface area contributed by atoms with E-state index in [1.807, 2.05) is 6.07 Å². The van der Waals surface area contributed by atoms with Crippen molar-refractivity contribution in [1.82, 2.24) is 0 Å². The molecule has 0 unspecified atom stereocenters. The number of methoxy groups -OCH3 is 1. The van der Waals surface area contributed by atoms with Crippen LogP contribution in [0.4, 0.5) is 0 Å². The molecule has 2 aromatic rings. The minimum Gasteiger partial charge on any atom is -0.496 e. The molecule has 0 saturated carbocycles. The SMILES string of the molecule is COc1cc(C)cc2sc(CCl)cc12. The Morgan fingerprint density at radius 1 is 1.36 bits per heavy atom. The van der Waals surface area contributed by atoms with Gasteiger partial charge in [-0.25, -0.2) is 0 Å². The summed E-state index contributed by atoms with van der Waals surface area (Å²) >= 11 is 7.53. The van der Waals surface area contributed by atoms with Gasteiger partial charge in [0.15, 0.2) is 0 Å². The van der Waals surface area contributed by atoms with E-state index in [2.05, 4.69) is 19.1 Å². The van der Waals surface area contributed by atoms with Gasteiger partial charge in [0.25, 0.3) is 0 Å². The molecule has 0 saturated heterocycles. The van der Waals surface area contributed by atoms with Crippen molar-refractivity contribution in [3.05, 3.63) is 28.6 Å². The summed E-state index contributed by atoms with van der Waals surface area (Å²) in [5.41, 5.74) is 1.22. The van der Waals surface area contributed by atoms with Gasteiger partial charge in [-0.15, -0.1) is 22.9 Å². The second-order valence-corrected chi connectivity index (χ2v) is 4.66. The van der Waals surface area contributed by atoms with Gasteiger partial charge in [0.1, 0.15) is 5.75 Å². The average molecular weight is 227 g/mol. The summed E-state index contributed by atoms with van der Waals surface area (Å²) in [5, 5.41) is 1.17. The van der Waals surface area contributed by atoms with Crippen LogP contribution in [0, 0.1) is 6.92 Å². The van der Waals surface area contributed by atoms with Crippen LogP contribution in [0.25, 0.3) is 10.1 Å². The van der Waals surface area contributed by atoms with E-state index in [9.17, 15) is 0 Å². The van der Waals surface area contributed by atoms with Crippen molar-refractivity contribution < 1.29 is 4.74 Å². The largest absolute Gasteiger partial charge is 0.496 e. The highest BCUT2D eigenvalue weighted by atomic mass is 35.5. The Bertz CT molecular complexity index is 462. The number of hydrogen-bond donors (Lipinski definition) is 0. The number of aryl methyl sites for hydroxylation is 1. The number of fused-ring (bicyclic) bond motifs is 1. The first-order chi connectivity index (χ1) is 6.74. The zero-order valence-electron chi connectivity index (χ0n) is 8.13. The minimum absolute atomic E-state index is 0.571. The number of hydrogen-bond acceptors (Lipinski definition) is 2. The van der Waals surface area contributed by atoms with E-state index in [1.165, 1.54) is 20.5 Å². The van der Waals surface area contributed by atoms with Crippen molar-refractivity contribution in [3.8, 4) is 5.75 Å². The lowest BCUT2D eigenvalue weighted by Gasteiger charge is -2.02. The van der Waals surface area contributed by atoms with Gasteiger partial charge in [-0.2, -0.15) is 0 Å². The lowest BCUT2D eigenvalue weighted by molar-refractivity contribution is 0.419. The van der Waals surface area contributed by atoms with Crippen molar-refractivity contribution in [3.63, 3.8) is 0 Å². The van der Waals surface area contributed by atoms with E-state index >= 15 is 0 Å². The maximum absolute atomic E-state index is 5.80. The number of rotatable bonds is 2. The predicted molar refractivity (Wildman–Crippen MR) is 62.7 cm³/mol. The molecule has 0 amide bonds. The molecule has 2 rings (SSSR count). The summed E-state index contributed by atoms with van der Waals surface area (Å²) in [4.78, 5) is 1.19. The molecule has 74 valence electrons. The van der Waals surface area contributed by atoms with Gasteiger partial charge in [-0.05, 0) is 30.7 Å². The molecule has 1 heterocycles. The Kier molecular flexibility index (Phi) is 2.66. The highest BCUT2D eigenvalue weighted by Crippen LogP contribution is 2.34. The summed E-state index contributed by atoms with van der Waals surface area (Å²) in [7, 11) is 1.70. The molecule has 3 heteroatoms. The van der Waals surface area contributed by atoms with Gasteiger partial charge in [0, 0.05) is 15.0 Å². The Labute approximate surface area is 92.3 Å². The van der Waals surface area contributed by atoms with Crippen molar-refractivity contribution in [2.45, 2.75) is 12.8 Å². The first kappa shape index (κ1) is 9.81. The Morgan fingerprint density at radius 3 is 2.79 bits per heavy atom. The van der Waals surface area contributed by atoms with Gasteiger partial charge < -0.3 is 4.74 Å². The molecule has 14 heavy (non-hydrogen) atoms. The van der Waals surface area contributed by atoms with E-state index < -0.39 is 0 Å². The Hall–Kier alpha value is -0.730. The van der Waals surface area contributed by atoms with Crippen molar-refractivity contribution >= 4 is 33.0 Å². The van der Waals surface area contributed by atoms with Gasteiger partial charge in [0.2, 0.25) is 0 Å². The van der Waals surface area contributed by atoms with Crippen LogP contribution in [0.3, 0.4) is 0 Å². The standard InChI is InChI=1S/C11H11ClOS/c1-7-3-10(13-2)9-5-8(6-12)14-11(9)4-7/h3-5H,6H2,1-2H3.